The van der Waals surface area contributed by atoms with Crippen LogP contribution in [0.25, 0.3) is 10.2 Å². The predicted molar refractivity (Wildman–Crippen MR) is 148 cm³/mol. The molecule has 2 N–H and O–H groups in total. The molecule has 0 atom stereocenters. The molecule has 2 aromatic heterocycles. The van der Waals surface area contributed by atoms with Crippen LogP contribution >= 0.6 is 27.3 Å². The number of anilines is 4. The normalized spacial score (nSPS) is 15.6. The highest BCUT2D eigenvalue weighted by molar-refractivity contribution is 9.10. The molecule has 2 aromatic carbocycles. The standard InChI is InChI=1S/C26H23BrN6O3S/c1-15-2-7-18(12-19(15)27)33-23-20-21(31-26(33)35)22(37-25(20)29-14-28-23)24(34)30-17-5-3-16(4-6-17)13-32-8-10-36-11-9-32/h2-7,12,14H,8-11,13H2,1H3,(H,30,34)(H,31,35). The Kier molecular flexibility index (Phi) is 6.37. The first-order valence-electron chi connectivity index (χ1n) is 11.8. The molecule has 0 saturated carbocycles. The van der Waals surface area contributed by atoms with Crippen LogP contribution in [0.15, 0.2) is 53.3 Å². The Morgan fingerprint density at radius 2 is 1.95 bits per heavy atom. The molecule has 3 amide bonds. The number of hydrogen-bond acceptors (Lipinski definition) is 7. The summed E-state index contributed by atoms with van der Waals surface area (Å²) in [5.41, 5.74) is 4.00. The lowest BCUT2D eigenvalue weighted by molar-refractivity contribution is 0.0342. The average Bonchev–Trinajstić information content (AvgIpc) is 3.27. The number of amides is 3. The lowest BCUT2D eigenvalue weighted by atomic mass is 10.1. The zero-order valence-corrected chi connectivity index (χ0v) is 22.4. The summed E-state index contributed by atoms with van der Waals surface area (Å²) in [5.74, 6) is 0.138. The number of carbonyl (C=O) groups excluding carboxylic acids is 2. The monoisotopic (exact) mass is 578 g/mol. The van der Waals surface area contributed by atoms with Crippen molar-refractivity contribution in [3.8, 4) is 0 Å². The van der Waals surface area contributed by atoms with Crippen LogP contribution in [0.2, 0.25) is 0 Å². The van der Waals surface area contributed by atoms with E-state index in [1.165, 1.54) is 28.1 Å². The Labute approximate surface area is 225 Å². The van der Waals surface area contributed by atoms with E-state index in [0.717, 1.165) is 42.9 Å². The van der Waals surface area contributed by atoms with E-state index in [0.29, 0.717) is 38.0 Å². The summed E-state index contributed by atoms with van der Waals surface area (Å²) in [6.07, 6.45) is 1.42. The summed E-state index contributed by atoms with van der Waals surface area (Å²) in [5, 5.41) is 6.51. The number of thiophene rings is 1. The predicted octanol–water partition coefficient (Wildman–Crippen LogP) is 5.53. The SMILES string of the molecule is Cc1ccc(N2C(=O)Nc3c(C(=O)Nc4ccc(CN5CCOCC5)cc4)sc4ncnc2c34)cc1Br. The number of urea groups is 1. The van der Waals surface area contributed by atoms with E-state index in [1.807, 2.05) is 49.4 Å². The zero-order valence-electron chi connectivity index (χ0n) is 20.0. The average molecular weight is 579 g/mol. The Morgan fingerprint density at radius 3 is 2.70 bits per heavy atom. The second kappa shape index (κ2) is 9.82. The molecule has 2 aliphatic rings. The van der Waals surface area contributed by atoms with Crippen molar-refractivity contribution in [3.05, 3.63) is 69.3 Å². The van der Waals surface area contributed by atoms with Crippen molar-refractivity contribution >= 4 is 72.3 Å². The Morgan fingerprint density at radius 1 is 1.16 bits per heavy atom. The molecule has 0 unspecified atom stereocenters. The van der Waals surface area contributed by atoms with E-state index >= 15 is 0 Å². The van der Waals surface area contributed by atoms with Crippen LogP contribution in [0.5, 0.6) is 0 Å². The van der Waals surface area contributed by atoms with E-state index in [1.54, 1.807) is 0 Å². The van der Waals surface area contributed by atoms with Crippen LogP contribution in [0.1, 0.15) is 20.8 Å². The van der Waals surface area contributed by atoms with E-state index < -0.39 is 0 Å². The van der Waals surface area contributed by atoms with Crippen LogP contribution < -0.4 is 15.5 Å². The van der Waals surface area contributed by atoms with Gasteiger partial charge in [0.15, 0.2) is 5.82 Å². The molecule has 1 fully saturated rings. The third-order valence-electron chi connectivity index (χ3n) is 6.46. The van der Waals surface area contributed by atoms with Crippen molar-refractivity contribution in [2.75, 3.05) is 41.8 Å². The highest BCUT2D eigenvalue weighted by atomic mass is 79.9. The molecule has 0 radical (unpaired) electrons. The lowest BCUT2D eigenvalue weighted by Gasteiger charge is -2.27. The molecule has 11 heteroatoms. The van der Waals surface area contributed by atoms with Gasteiger partial charge in [0.25, 0.3) is 5.91 Å². The Balaban J connectivity index is 1.27. The molecule has 9 nitrogen and oxygen atoms in total. The molecule has 4 aromatic rings. The number of nitrogens with one attached hydrogen (secondary N) is 2. The maximum atomic E-state index is 13.3. The summed E-state index contributed by atoms with van der Waals surface area (Å²) in [7, 11) is 0. The number of hydrogen-bond donors (Lipinski definition) is 2. The number of carbonyl (C=O) groups is 2. The van der Waals surface area contributed by atoms with Gasteiger partial charge in [0.05, 0.1) is 30.0 Å². The number of benzene rings is 2. The first-order valence-corrected chi connectivity index (χ1v) is 13.4. The highest BCUT2D eigenvalue weighted by Gasteiger charge is 2.34. The maximum Gasteiger partial charge on any atom is 0.332 e. The third kappa shape index (κ3) is 4.59. The number of aryl methyl sites for hydroxylation is 1. The van der Waals surface area contributed by atoms with Crippen LogP contribution in [-0.4, -0.2) is 53.1 Å². The van der Waals surface area contributed by atoms with Gasteiger partial charge < -0.3 is 15.4 Å². The number of halogens is 1. The van der Waals surface area contributed by atoms with Crippen LogP contribution in [-0.2, 0) is 11.3 Å². The van der Waals surface area contributed by atoms with E-state index in [4.69, 9.17) is 4.74 Å². The van der Waals surface area contributed by atoms with Crippen molar-refractivity contribution < 1.29 is 14.3 Å². The number of ether oxygens (including phenoxy) is 1. The molecule has 0 spiro atoms. The molecule has 1 saturated heterocycles. The van der Waals surface area contributed by atoms with E-state index in [9.17, 15) is 9.59 Å². The lowest BCUT2D eigenvalue weighted by Crippen LogP contribution is -2.35. The molecule has 0 bridgehead atoms. The smallest absolute Gasteiger partial charge is 0.332 e. The quantitative estimate of drug-likeness (QED) is 0.323. The van der Waals surface area contributed by atoms with Crippen LogP contribution in [0, 0.1) is 6.92 Å². The second-order valence-electron chi connectivity index (χ2n) is 8.92. The van der Waals surface area contributed by atoms with Gasteiger partial charge in [0.2, 0.25) is 0 Å². The first-order chi connectivity index (χ1) is 18.0. The number of morpholine rings is 1. The minimum Gasteiger partial charge on any atom is -0.379 e. The molecular weight excluding hydrogens is 556 g/mol. The fourth-order valence-electron chi connectivity index (χ4n) is 4.49. The van der Waals surface area contributed by atoms with Crippen molar-refractivity contribution in [3.63, 3.8) is 0 Å². The van der Waals surface area contributed by atoms with Crippen LogP contribution in [0.3, 0.4) is 0 Å². The Bertz CT molecular complexity index is 1520. The molecule has 0 aliphatic carbocycles. The second-order valence-corrected chi connectivity index (χ2v) is 10.8. The van der Waals surface area contributed by atoms with Gasteiger partial charge in [-0.2, -0.15) is 0 Å². The topological polar surface area (TPSA) is 99.7 Å². The van der Waals surface area contributed by atoms with Gasteiger partial charge in [0.1, 0.15) is 16.0 Å². The molecule has 4 heterocycles. The van der Waals surface area contributed by atoms with Gasteiger partial charge in [-0.05, 0) is 42.3 Å². The summed E-state index contributed by atoms with van der Waals surface area (Å²) in [6, 6.07) is 13.1. The van der Waals surface area contributed by atoms with Crippen molar-refractivity contribution in [1.29, 1.82) is 0 Å². The van der Waals surface area contributed by atoms with Crippen molar-refractivity contribution in [2.45, 2.75) is 13.5 Å². The summed E-state index contributed by atoms with van der Waals surface area (Å²) >= 11 is 4.76. The van der Waals surface area contributed by atoms with Gasteiger partial charge in [0, 0.05) is 29.8 Å². The third-order valence-corrected chi connectivity index (χ3v) is 8.41. The summed E-state index contributed by atoms with van der Waals surface area (Å²) in [4.78, 5) is 40.2. The molecule has 2 aliphatic heterocycles. The van der Waals surface area contributed by atoms with Crippen molar-refractivity contribution in [2.24, 2.45) is 0 Å². The van der Waals surface area contributed by atoms with Gasteiger partial charge >= 0.3 is 6.03 Å². The highest BCUT2D eigenvalue weighted by Crippen LogP contribution is 2.45. The number of aromatic nitrogens is 2. The fraction of sp³-hybridized carbons (Fsp3) is 0.231. The van der Waals surface area contributed by atoms with Gasteiger partial charge in [-0.15, -0.1) is 11.3 Å². The van der Waals surface area contributed by atoms with Gasteiger partial charge in [-0.3, -0.25) is 9.69 Å². The number of nitrogens with zero attached hydrogens (tertiary/aromatic N) is 4. The minimum atomic E-state index is -0.386. The molecular formula is C26H23BrN6O3S. The largest absolute Gasteiger partial charge is 0.379 e. The maximum absolute atomic E-state index is 13.3. The number of rotatable bonds is 5. The summed E-state index contributed by atoms with van der Waals surface area (Å²) in [6.45, 7) is 6.18. The van der Waals surface area contributed by atoms with Crippen molar-refractivity contribution in [1.82, 2.24) is 14.9 Å². The fourth-order valence-corrected chi connectivity index (χ4v) is 5.84. The van der Waals surface area contributed by atoms with Gasteiger partial charge in [-0.1, -0.05) is 34.1 Å². The Hall–Kier alpha value is -3.38. The molecule has 6 rings (SSSR count). The van der Waals surface area contributed by atoms with Gasteiger partial charge in [-0.25, -0.2) is 19.7 Å². The van der Waals surface area contributed by atoms with E-state index in [-0.39, 0.29) is 11.9 Å². The summed E-state index contributed by atoms with van der Waals surface area (Å²) < 4.78 is 6.30. The first kappa shape index (κ1) is 24.0. The molecule has 37 heavy (non-hydrogen) atoms. The van der Waals surface area contributed by atoms with E-state index in [2.05, 4.69) is 41.4 Å². The van der Waals surface area contributed by atoms with Crippen LogP contribution in [0.4, 0.5) is 27.7 Å². The minimum absolute atomic E-state index is 0.309. The molecule has 188 valence electrons. The zero-order chi connectivity index (χ0) is 25.5.